The first-order chi connectivity index (χ1) is 15.7. The average Bonchev–Trinajstić information content (AvgIpc) is 3.45. The van der Waals surface area contributed by atoms with Crippen molar-refractivity contribution < 1.29 is 16.0 Å². The van der Waals surface area contributed by atoms with Crippen LogP contribution in [0, 0.1) is 17.4 Å². The van der Waals surface area contributed by atoms with Crippen molar-refractivity contribution in [2.45, 2.75) is 48.0 Å². The van der Waals surface area contributed by atoms with Gasteiger partial charge in [-0.15, -0.1) is 0 Å². The summed E-state index contributed by atoms with van der Waals surface area (Å²) in [5.41, 5.74) is 2.53. The number of benzene rings is 2. The second kappa shape index (κ2) is 9.46. The molecule has 164 valence electrons. The summed E-state index contributed by atoms with van der Waals surface area (Å²) < 4.78 is 15.6. The van der Waals surface area contributed by atoms with Crippen LogP contribution in [-0.4, -0.2) is 25.0 Å². The average molecular weight is 470 g/mol. The SMILES string of the molecule is Fc1cccc(Nc2nc(SC3CCCC3)nc3c2cnn3CC([ClH2+2])c2ccccc2)c1. The van der Waals surface area contributed by atoms with Gasteiger partial charge < -0.3 is 5.32 Å². The highest BCUT2D eigenvalue weighted by Crippen LogP contribution is 2.35. The van der Waals surface area contributed by atoms with Gasteiger partial charge in [-0.3, -0.25) is 0 Å². The summed E-state index contributed by atoms with van der Waals surface area (Å²) in [6, 6.07) is 16.5. The molecule has 0 saturated heterocycles. The Bertz CT molecular complexity index is 1210. The first-order valence-electron chi connectivity index (χ1n) is 10.8. The summed E-state index contributed by atoms with van der Waals surface area (Å²) in [4.78, 5) is 9.66. The van der Waals surface area contributed by atoms with Crippen LogP contribution >= 0.6 is 11.8 Å². The van der Waals surface area contributed by atoms with Gasteiger partial charge in [0.15, 0.2) is 10.8 Å². The Morgan fingerprint density at radius 1 is 1.09 bits per heavy atom. The summed E-state index contributed by atoms with van der Waals surface area (Å²) in [5, 5.41) is 9.92. The second-order valence-corrected chi connectivity index (χ2v) is 9.90. The molecule has 2 heterocycles. The molecule has 1 saturated carbocycles. The van der Waals surface area contributed by atoms with E-state index in [-0.39, 0.29) is 11.2 Å². The smallest absolute Gasteiger partial charge is 0.278 e. The summed E-state index contributed by atoms with van der Waals surface area (Å²) >= 11 is 6.53. The van der Waals surface area contributed by atoms with Crippen LogP contribution in [0.2, 0.25) is 0 Å². The fourth-order valence-electron chi connectivity index (χ4n) is 4.02. The lowest BCUT2D eigenvalue weighted by molar-refractivity contribution is -0.430. The van der Waals surface area contributed by atoms with Gasteiger partial charge in [-0.25, -0.2) is 19.0 Å². The zero-order valence-electron chi connectivity index (χ0n) is 17.5. The number of nitrogens with zero attached hydrogens (tertiary/aromatic N) is 4. The van der Waals surface area contributed by atoms with E-state index < -0.39 is 0 Å². The van der Waals surface area contributed by atoms with Crippen LogP contribution < -0.4 is 5.32 Å². The second-order valence-electron chi connectivity index (χ2n) is 8.00. The maximum absolute atomic E-state index is 13.7. The highest BCUT2D eigenvalue weighted by Gasteiger charge is 2.24. The van der Waals surface area contributed by atoms with E-state index in [0.29, 0.717) is 23.3 Å². The monoisotopic (exact) mass is 469 g/mol. The molecule has 0 amide bonds. The van der Waals surface area contributed by atoms with Crippen molar-refractivity contribution >= 4 is 34.3 Å². The molecule has 2 aromatic carbocycles. The van der Waals surface area contributed by atoms with Gasteiger partial charge in [0.1, 0.15) is 18.2 Å². The zero-order chi connectivity index (χ0) is 21.9. The van der Waals surface area contributed by atoms with Gasteiger partial charge >= 0.3 is 0 Å². The molecule has 32 heavy (non-hydrogen) atoms. The number of fused-ring (bicyclic) bond motifs is 1. The molecule has 1 aliphatic carbocycles. The van der Waals surface area contributed by atoms with Crippen LogP contribution in [-0.2, 0) is 6.54 Å². The molecule has 0 aliphatic heterocycles. The Balaban J connectivity index is 1.51. The molecule has 1 N–H and O–H groups in total. The number of halogens is 2. The van der Waals surface area contributed by atoms with Crippen molar-refractivity contribution in [1.29, 1.82) is 0 Å². The molecule has 1 atom stereocenters. The predicted molar refractivity (Wildman–Crippen MR) is 125 cm³/mol. The zero-order valence-corrected chi connectivity index (χ0v) is 19.2. The largest absolute Gasteiger partial charge is 0.339 e. The Morgan fingerprint density at radius 3 is 2.69 bits per heavy atom. The number of anilines is 2. The van der Waals surface area contributed by atoms with Gasteiger partial charge in [-0.1, -0.05) is 48.9 Å². The summed E-state index contributed by atoms with van der Waals surface area (Å²) in [6.07, 6.45) is 6.65. The van der Waals surface area contributed by atoms with Gasteiger partial charge in [0.25, 0.3) is 5.38 Å². The molecular weight excluding hydrogens is 445 g/mol. The topological polar surface area (TPSA) is 55.6 Å². The molecule has 1 aliphatic rings. The van der Waals surface area contributed by atoms with Gasteiger partial charge in [-0.05, 0) is 54.8 Å². The van der Waals surface area contributed by atoms with Crippen LogP contribution in [0.4, 0.5) is 15.9 Å². The summed E-state index contributed by atoms with van der Waals surface area (Å²) in [7, 11) is 0. The van der Waals surface area contributed by atoms with Crippen LogP contribution in [0.5, 0.6) is 0 Å². The molecule has 5 nitrogen and oxygen atoms in total. The van der Waals surface area contributed by atoms with E-state index in [1.165, 1.54) is 37.8 Å². The Morgan fingerprint density at radius 2 is 1.91 bits per heavy atom. The van der Waals surface area contributed by atoms with E-state index in [0.717, 1.165) is 21.8 Å². The van der Waals surface area contributed by atoms with E-state index in [1.807, 2.05) is 28.9 Å². The first-order valence-corrected chi connectivity index (χ1v) is 12.2. The van der Waals surface area contributed by atoms with Crippen LogP contribution in [0.25, 0.3) is 11.0 Å². The molecule has 0 bridgehead atoms. The molecule has 5 rings (SSSR count). The maximum Gasteiger partial charge on any atom is 0.278 e. The third-order valence-electron chi connectivity index (χ3n) is 5.67. The molecule has 0 radical (unpaired) electrons. The van der Waals surface area contributed by atoms with E-state index >= 15 is 0 Å². The van der Waals surface area contributed by atoms with Crippen molar-refractivity contribution in [3.05, 3.63) is 72.2 Å². The molecule has 8 heteroatoms. The van der Waals surface area contributed by atoms with Crippen molar-refractivity contribution in [3.63, 3.8) is 0 Å². The molecule has 1 fully saturated rings. The Hall–Kier alpha value is -2.64. The number of hydrogen-bond donors (Lipinski definition) is 1. The third-order valence-corrected chi connectivity index (χ3v) is 7.33. The minimum absolute atomic E-state index is 0.0140. The van der Waals surface area contributed by atoms with Gasteiger partial charge in [0.2, 0.25) is 0 Å². The van der Waals surface area contributed by atoms with Crippen LogP contribution in [0.15, 0.2) is 66.0 Å². The van der Waals surface area contributed by atoms with Gasteiger partial charge in [-0.2, -0.15) is 5.10 Å². The van der Waals surface area contributed by atoms with E-state index in [4.69, 9.17) is 21.6 Å². The van der Waals surface area contributed by atoms with Crippen LogP contribution in [0.1, 0.15) is 36.6 Å². The van der Waals surface area contributed by atoms with Gasteiger partial charge in [0, 0.05) is 10.9 Å². The highest BCUT2D eigenvalue weighted by molar-refractivity contribution is 7.99. The number of aromatic nitrogens is 4. The Kier molecular flexibility index (Phi) is 6.28. The first kappa shape index (κ1) is 21.2. The minimum atomic E-state index is -0.294. The number of thioether (sulfide) groups is 1. The van der Waals surface area contributed by atoms with Crippen LogP contribution in [0.3, 0.4) is 0 Å². The minimum Gasteiger partial charge on any atom is -0.339 e. The molecular formula is C24H25ClFN5S+2. The lowest BCUT2D eigenvalue weighted by Crippen LogP contribution is -2.10. The van der Waals surface area contributed by atoms with E-state index in [2.05, 4.69) is 22.5 Å². The van der Waals surface area contributed by atoms with Crippen molar-refractivity contribution in [2.24, 2.45) is 0 Å². The summed E-state index contributed by atoms with van der Waals surface area (Å²) in [6.45, 7) is 0.584. The standard InChI is InChI=1S/C24H25ClFN5S/c25-21(16-7-2-1-3-8-16)15-31-23-20(14-27-31)22(28-18-10-6-9-17(26)13-18)29-24(30-23)32-19-11-4-5-12-19/h1-3,6-10,13-14,19,21H,4-5,11-12,15,25H2,(H,28,29,30)/q+2. The molecule has 1 unspecified atom stereocenters. The fraction of sp³-hybridized carbons (Fsp3) is 0.292. The quantitative estimate of drug-likeness (QED) is 0.286. The fourth-order valence-corrected chi connectivity index (χ4v) is 5.50. The highest BCUT2D eigenvalue weighted by atomic mass is 35.5. The predicted octanol–water partition coefficient (Wildman–Crippen LogP) is 5.50. The number of alkyl halides is 1. The number of nitrogens with one attached hydrogen (secondary N) is 1. The molecule has 4 aromatic rings. The van der Waals surface area contributed by atoms with E-state index in [9.17, 15) is 4.39 Å². The van der Waals surface area contributed by atoms with Crippen molar-refractivity contribution in [3.8, 4) is 0 Å². The maximum atomic E-state index is 13.7. The number of hydrogen-bond acceptors (Lipinski definition) is 5. The van der Waals surface area contributed by atoms with Gasteiger partial charge in [0.05, 0.1) is 17.1 Å². The van der Waals surface area contributed by atoms with E-state index in [1.54, 1.807) is 24.0 Å². The lowest BCUT2D eigenvalue weighted by atomic mass is 10.1. The normalized spacial score (nSPS) is 15.3. The Labute approximate surface area is 195 Å². The molecule has 0 spiro atoms. The van der Waals surface area contributed by atoms with Crippen molar-refractivity contribution in [1.82, 2.24) is 19.7 Å². The number of rotatable bonds is 7. The summed E-state index contributed by atoms with van der Waals surface area (Å²) in [5.74, 6) is 0.347. The lowest BCUT2D eigenvalue weighted by Gasteiger charge is -2.12. The van der Waals surface area contributed by atoms with Crippen molar-refractivity contribution in [2.75, 3.05) is 5.32 Å². The third kappa shape index (κ3) is 4.74. The molecule has 2 aromatic heterocycles.